The first-order valence-corrected chi connectivity index (χ1v) is 5.92. The topological polar surface area (TPSA) is 43.4 Å². The first-order chi connectivity index (χ1) is 4.62. The number of rotatable bonds is 5. The van der Waals surface area contributed by atoms with Crippen LogP contribution >= 0.6 is 23.6 Å². The van der Waals surface area contributed by atoms with Gasteiger partial charge < -0.3 is 0 Å². The first-order valence-electron chi connectivity index (χ1n) is 2.64. The van der Waals surface area contributed by atoms with E-state index in [0.29, 0.717) is 6.42 Å². The van der Waals surface area contributed by atoms with E-state index in [0.717, 1.165) is 5.75 Å². The molecule has 0 aromatic carbocycles. The SMILES string of the molecule is CSCCCS(=O)(=O)OCl. The minimum atomic E-state index is -3.44. The predicted octanol–water partition coefficient (Wildman–Crippen LogP) is 1.24. The molecule has 0 N–H and O–H groups in total. The number of hydrogen-bond acceptors (Lipinski definition) is 4. The standard InChI is InChI=1S/C4H9ClO3S2/c1-9-3-2-4-10(6,7)8-5/h2-4H2,1H3. The summed E-state index contributed by atoms with van der Waals surface area (Å²) in [6.07, 6.45) is 2.49. The Bertz CT molecular complexity index is 165. The zero-order valence-electron chi connectivity index (χ0n) is 5.54. The van der Waals surface area contributed by atoms with E-state index in [1.165, 1.54) is 0 Å². The van der Waals surface area contributed by atoms with Crippen LogP contribution in [-0.4, -0.2) is 26.2 Å². The Balaban J connectivity index is 3.49. The molecule has 0 aromatic heterocycles. The Morgan fingerprint density at radius 1 is 1.60 bits per heavy atom. The average molecular weight is 205 g/mol. The third-order valence-electron chi connectivity index (χ3n) is 0.839. The average Bonchev–Trinajstić information content (AvgIpc) is 1.89. The second-order valence-corrected chi connectivity index (χ2v) is 4.68. The van der Waals surface area contributed by atoms with Crippen molar-refractivity contribution in [2.24, 2.45) is 0 Å². The van der Waals surface area contributed by atoms with Crippen molar-refractivity contribution in [1.29, 1.82) is 0 Å². The molecule has 0 rings (SSSR count). The van der Waals surface area contributed by atoms with Gasteiger partial charge in [0.2, 0.25) is 0 Å². The Kier molecular flexibility index (Phi) is 5.52. The molecule has 10 heavy (non-hydrogen) atoms. The van der Waals surface area contributed by atoms with E-state index in [2.05, 4.69) is 15.6 Å². The van der Waals surface area contributed by atoms with Gasteiger partial charge in [-0.1, -0.05) is 0 Å². The second-order valence-electron chi connectivity index (χ2n) is 1.67. The lowest BCUT2D eigenvalue weighted by Gasteiger charge is -1.96. The second kappa shape index (κ2) is 5.23. The summed E-state index contributed by atoms with van der Waals surface area (Å²) >= 11 is 6.27. The number of thioether (sulfide) groups is 1. The van der Waals surface area contributed by atoms with Crippen molar-refractivity contribution in [2.75, 3.05) is 17.8 Å². The summed E-state index contributed by atoms with van der Waals surface area (Å²) in [5, 5.41) is 0. The molecular weight excluding hydrogens is 196 g/mol. The Labute approximate surface area is 70.4 Å². The zero-order chi connectivity index (χ0) is 8.04. The number of halogens is 1. The normalized spacial score (nSPS) is 11.8. The van der Waals surface area contributed by atoms with Crippen molar-refractivity contribution in [1.82, 2.24) is 0 Å². The van der Waals surface area contributed by atoms with E-state index in [4.69, 9.17) is 0 Å². The summed E-state index contributed by atoms with van der Waals surface area (Å²) in [5.74, 6) is 0.802. The van der Waals surface area contributed by atoms with Crippen LogP contribution in [0.4, 0.5) is 0 Å². The maximum Gasteiger partial charge on any atom is 0.283 e. The summed E-state index contributed by atoms with van der Waals surface area (Å²) in [4.78, 5) is 0. The van der Waals surface area contributed by atoms with Crippen LogP contribution in [0.2, 0.25) is 0 Å². The quantitative estimate of drug-likeness (QED) is 0.632. The molecule has 0 radical (unpaired) electrons. The lowest BCUT2D eigenvalue weighted by Crippen LogP contribution is -2.05. The number of hydrogen-bond donors (Lipinski definition) is 0. The van der Waals surface area contributed by atoms with Crippen LogP contribution < -0.4 is 0 Å². The van der Waals surface area contributed by atoms with E-state index in [9.17, 15) is 8.42 Å². The third kappa shape index (κ3) is 5.34. The zero-order valence-corrected chi connectivity index (χ0v) is 7.93. The minimum absolute atomic E-state index is 0.00264. The van der Waals surface area contributed by atoms with Crippen molar-refractivity contribution >= 4 is 33.7 Å². The fourth-order valence-electron chi connectivity index (χ4n) is 0.412. The molecule has 0 spiro atoms. The fraction of sp³-hybridized carbons (Fsp3) is 1.00. The van der Waals surface area contributed by atoms with Crippen LogP contribution in [0.25, 0.3) is 0 Å². The van der Waals surface area contributed by atoms with E-state index in [1.807, 2.05) is 6.26 Å². The summed E-state index contributed by atoms with van der Waals surface area (Å²) in [5.41, 5.74) is 0. The minimum Gasteiger partial charge on any atom is -0.198 e. The van der Waals surface area contributed by atoms with E-state index >= 15 is 0 Å². The van der Waals surface area contributed by atoms with Crippen LogP contribution in [0, 0.1) is 0 Å². The van der Waals surface area contributed by atoms with E-state index < -0.39 is 10.1 Å². The monoisotopic (exact) mass is 204 g/mol. The van der Waals surface area contributed by atoms with Crippen molar-refractivity contribution < 1.29 is 12.2 Å². The summed E-state index contributed by atoms with van der Waals surface area (Å²) < 4.78 is 24.7. The molecule has 0 amide bonds. The molecular formula is C4H9ClO3S2. The molecule has 0 aliphatic heterocycles. The van der Waals surface area contributed by atoms with Crippen LogP contribution in [-0.2, 0) is 13.9 Å². The first kappa shape index (κ1) is 10.6. The third-order valence-corrected chi connectivity index (χ3v) is 3.09. The molecule has 0 bridgehead atoms. The molecule has 0 aromatic rings. The van der Waals surface area contributed by atoms with Crippen LogP contribution in [0.3, 0.4) is 0 Å². The van der Waals surface area contributed by atoms with E-state index in [-0.39, 0.29) is 5.75 Å². The lowest BCUT2D eigenvalue weighted by atomic mass is 10.6. The Morgan fingerprint density at radius 3 is 2.60 bits per heavy atom. The van der Waals surface area contributed by atoms with Crippen LogP contribution in [0.5, 0.6) is 0 Å². The maximum atomic E-state index is 10.5. The Morgan fingerprint density at radius 2 is 2.20 bits per heavy atom. The van der Waals surface area contributed by atoms with Gasteiger partial charge in [-0.05, 0) is 18.4 Å². The van der Waals surface area contributed by atoms with Gasteiger partial charge in [0, 0.05) is 0 Å². The van der Waals surface area contributed by atoms with Crippen molar-refractivity contribution in [3.8, 4) is 0 Å². The van der Waals surface area contributed by atoms with Gasteiger partial charge in [-0.2, -0.15) is 23.9 Å². The maximum absolute atomic E-state index is 10.5. The van der Waals surface area contributed by atoms with Crippen LogP contribution in [0.1, 0.15) is 6.42 Å². The summed E-state index contributed by atoms with van der Waals surface area (Å²) in [6.45, 7) is 0. The summed E-state index contributed by atoms with van der Waals surface area (Å²) in [6, 6.07) is 0. The molecule has 0 unspecified atom stereocenters. The molecule has 6 heteroatoms. The summed E-state index contributed by atoms with van der Waals surface area (Å²) in [7, 11) is -3.44. The van der Waals surface area contributed by atoms with Crippen molar-refractivity contribution in [3.05, 3.63) is 0 Å². The largest absolute Gasteiger partial charge is 0.283 e. The fourth-order valence-corrected chi connectivity index (χ4v) is 1.78. The van der Waals surface area contributed by atoms with Gasteiger partial charge in [0.25, 0.3) is 10.1 Å². The van der Waals surface area contributed by atoms with Gasteiger partial charge in [-0.15, -0.1) is 0 Å². The highest BCUT2D eigenvalue weighted by molar-refractivity contribution is 7.98. The molecule has 0 heterocycles. The van der Waals surface area contributed by atoms with Gasteiger partial charge in [0.05, 0.1) is 17.6 Å². The van der Waals surface area contributed by atoms with Gasteiger partial charge in [0.15, 0.2) is 0 Å². The highest BCUT2D eigenvalue weighted by atomic mass is 35.5. The van der Waals surface area contributed by atoms with Crippen LogP contribution in [0.15, 0.2) is 0 Å². The predicted molar refractivity (Wildman–Crippen MR) is 43.7 cm³/mol. The van der Waals surface area contributed by atoms with Gasteiger partial charge in [0.1, 0.15) is 0 Å². The molecule has 0 atom stereocenters. The van der Waals surface area contributed by atoms with E-state index in [1.54, 1.807) is 11.8 Å². The Hall–Kier alpha value is 0.550. The molecule has 0 fully saturated rings. The molecule has 0 aliphatic carbocycles. The van der Waals surface area contributed by atoms with Gasteiger partial charge in [-0.25, -0.2) is 0 Å². The molecule has 62 valence electrons. The molecule has 0 saturated carbocycles. The molecule has 0 saturated heterocycles. The van der Waals surface area contributed by atoms with Crippen molar-refractivity contribution in [3.63, 3.8) is 0 Å². The lowest BCUT2D eigenvalue weighted by molar-refractivity contribution is 0.508. The molecule has 3 nitrogen and oxygen atoms in total. The van der Waals surface area contributed by atoms with Gasteiger partial charge >= 0.3 is 0 Å². The van der Waals surface area contributed by atoms with Gasteiger partial charge in [-0.3, -0.25) is 0 Å². The smallest absolute Gasteiger partial charge is 0.198 e. The van der Waals surface area contributed by atoms with Crippen molar-refractivity contribution in [2.45, 2.75) is 6.42 Å². The highest BCUT2D eigenvalue weighted by Gasteiger charge is 2.08. The highest BCUT2D eigenvalue weighted by Crippen LogP contribution is 2.02. The molecule has 0 aliphatic rings.